The van der Waals surface area contributed by atoms with Crippen LogP contribution in [0.2, 0.25) is 0 Å². The number of rotatable bonds is 1. The van der Waals surface area contributed by atoms with Gasteiger partial charge >= 0.3 is 12.1 Å². The predicted octanol–water partition coefficient (Wildman–Crippen LogP) is 2.53. The molecule has 3 atom stereocenters. The van der Waals surface area contributed by atoms with Crippen LogP contribution < -0.4 is 0 Å². The highest BCUT2D eigenvalue weighted by Crippen LogP contribution is 2.49. The lowest BCUT2D eigenvalue weighted by Gasteiger charge is -2.52. The molecule has 1 aliphatic rings. The van der Waals surface area contributed by atoms with Crippen molar-refractivity contribution in [3.63, 3.8) is 0 Å². The highest BCUT2D eigenvalue weighted by Gasteiger charge is 2.75. The molecule has 20 heavy (non-hydrogen) atoms. The SMILES string of the molecule is CC(C)(C)[C@H]1OC[C@@](C)(C(=O)O)[N+]1(C(=O)O)C(C)(C)C. The molecule has 1 unspecified atom stereocenters. The summed E-state index contributed by atoms with van der Waals surface area (Å²) in [6, 6.07) is 0. The third-order valence-electron chi connectivity index (χ3n) is 4.21. The fourth-order valence-electron chi connectivity index (χ4n) is 3.45. The molecule has 0 spiro atoms. The van der Waals surface area contributed by atoms with Crippen molar-refractivity contribution in [2.24, 2.45) is 5.41 Å². The van der Waals surface area contributed by atoms with Crippen molar-refractivity contribution in [3.05, 3.63) is 0 Å². The van der Waals surface area contributed by atoms with Gasteiger partial charge in [-0.15, -0.1) is 0 Å². The Hall–Kier alpha value is -1.14. The molecule has 116 valence electrons. The quantitative estimate of drug-likeness (QED) is 0.724. The van der Waals surface area contributed by atoms with Gasteiger partial charge < -0.3 is 14.9 Å². The molecule has 1 aliphatic heterocycles. The summed E-state index contributed by atoms with van der Waals surface area (Å²) in [7, 11) is 0. The minimum Gasteiger partial charge on any atom is -0.477 e. The average molecular weight is 288 g/mol. The van der Waals surface area contributed by atoms with Crippen LogP contribution in [0.4, 0.5) is 4.79 Å². The summed E-state index contributed by atoms with van der Waals surface area (Å²) in [4.78, 5) is 24.0. The monoisotopic (exact) mass is 288 g/mol. The Morgan fingerprint density at radius 1 is 1.15 bits per heavy atom. The largest absolute Gasteiger partial charge is 0.517 e. The van der Waals surface area contributed by atoms with Gasteiger partial charge in [-0.25, -0.2) is 4.79 Å². The van der Waals surface area contributed by atoms with Crippen LogP contribution in [0.25, 0.3) is 0 Å². The molecule has 0 aromatic rings. The van der Waals surface area contributed by atoms with E-state index in [1.54, 1.807) is 20.8 Å². The van der Waals surface area contributed by atoms with Crippen LogP contribution in [0.15, 0.2) is 0 Å². The first-order valence-corrected chi connectivity index (χ1v) is 6.70. The molecule has 6 nitrogen and oxygen atoms in total. The van der Waals surface area contributed by atoms with Crippen molar-refractivity contribution >= 4 is 12.1 Å². The molecule has 1 amide bonds. The summed E-state index contributed by atoms with van der Waals surface area (Å²) in [6.45, 7) is 12.2. The molecule has 1 heterocycles. The second-order valence-corrected chi connectivity index (χ2v) is 7.78. The topological polar surface area (TPSA) is 83.8 Å². The molecule has 1 rings (SSSR count). The lowest BCUT2D eigenvalue weighted by atomic mass is 9.83. The zero-order valence-corrected chi connectivity index (χ0v) is 13.4. The number of ether oxygens (including phenoxy) is 1. The molecule has 1 fully saturated rings. The van der Waals surface area contributed by atoms with E-state index in [9.17, 15) is 19.8 Å². The van der Waals surface area contributed by atoms with Crippen molar-refractivity contribution in [3.8, 4) is 0 Å². The van der Waals surface area contributed by atoms with E-state index in [0.717, 1.165) is 0 Å². The fraction of sp³-hybridized carbons (Fsp3) is 0.857. The van der Waals surface area contributed by atoms with Gasteiger partial charge in [-0.2, -0.15) is 9.28 Å². The lowest BCUT2D eigenvalue weighted by Crippen LogP contribution is -2.78. The summed E-state index contributed by atoms with van der Waals surface area (Å²) in [5.41, 5.74) is -2.85. The summed E-state index contributed by atoms with van der Waals surface area (Å²) >= 11 is 0. The van der Waals surface area contributed by atoms with E-state index < -0.39 is 39.3 Å². The Balaban J connectivity index is 3.72. The van der Waals surface area contributed by atoms with E-state index in [1.165, 1.54) is 6.92 Å². The van der Waals surface area contributed by atoms with Crippen LogP contribution in [0.3, 0.4) is 0 Å². The van der Waals surface area contributed by atoms with Crippen molar-refractivity contribution < 1.29 is 29.0 Å². The maximum atomic E-state index is 12.2. The molecule has 0 aromatic heterocycles. The zero-order valence-electron chi connectivity index (χ0n) is 13.4. The van der Waals surface area contributed by atoms with Gasteiger partial charge in [0, 0.05) is 12.3 Å². The third kappa shape index (κ3) is 1.93. The molecule has 0 aromatic carbocycles. The Kier molecular flexibility index (Phi) is 3.74. The molecule has 0 bridgehead atoms. The summed E-state index contributed by atoms with van der Waals surface area (Å²) in [5.74, 6) is -1.15. The minimum absolute atomic E-state index is 0.117. The van der Waals surface area contributed by atoms with Gasteiger partial charge in [0.2, 0.25) is 11.8 Å². The highest BCUT2D eigenvalue weighted by atomic mass is 16.5. The fourth-order valence-corrected chi connectivity index (χ4v) is 3.45. The highest BCUT2D eigenvalue weighted by molar-refractivity contribution is 5.80. The number of hydrogen-bond donors (Lipinski definition) is 2. The van der Waals surface area contributed by atoms with E-state index in [4.69, 9.17) is 4.74 Å². The van der Waals surface area contributed by atoms with Crippen LogP contribution in [0, 0.1) is 5.41 Å². The summed E-state index contributed by atoms with van der Waals surface area (Å²) in [5, 5.41) is 19.6. The van der Waals surface area contributed by atoms with Gasteiger partial charge in [0.15, 0.2) is 0 Å². The number of aliphatic carboxylic acids is 1. The Morgan fingerprint density at radius 3 is 1.85 bits per heavy atom. The smallest absolute Gasteiger partial charge is 0.477 e. The zero-order chi connectivity index (χ0) is 16.1. The van der Waals surface area contributed by atoms with Gasteiger partial charge in [0.1, 0.15) is 12.1 Å². The van der Waals surface area contributed by atoms with Gasteiger partial charge in [0.25, 0.3) is 0 Å². The number of nitrogens with zero attached hydrogens (tertiary/aromatic N) is 1. The van der Waals surface area contributed by atoms with Crippen molar-refractivity contribution in [1.29, 1.82) is 0 Å². The first kappa shape index (κ1) is 16.9. The normalized spacial score (nSPS) is 35.0. The molecule has 0 aliphatic carbocycles. The third-order valence-corrected chi connectivity index (χ3v) is 4.21. The minimum atomic E-state index is -1.53. The van der Waals surface area contributed by atoms with E-state index in [1.807, 2.05) is 20.8 Å². The van der Waals surface area contributed by atoms with E-state index in [2.05, 4.69) is 0 Å². The van der Waals surface area contributed by atoms with Crippen LogP contribution in [0.5, 0.6) is 0 Å². The number of carboxylic acids is 1. The van der Waals surface area contributed by atoms with Crippen LogP contribution >= 0.6 is 0 Å². The standard InChI is InChI=1S/C14H25NO5/c1-12(2,3)9-15(11(18)19,13(4,5)6)14(7,8-20-9)10(16)17/h9H,8H2,1-7H3,(H-,16,17,18,19)/p+1/t9-,14+,15?/m1/s1. The molecule has 0 saturated carbocycles. The van der Waals surface area contributed by atoms with Crippen LogP contribution in [-0.2, 0) is 9.53 Å². The molecule has 6 heteroatoms. The van der Waals surface area contributed by atoms with Crippen LogP contribution in [-0.4, -0.2) is 50.7 Å². The number of carbonyl (C=O) groups is 2. The number of hydrogen-bond acceptors (Lipinski definition) is 3. The summed E-state index contributed by atoms with van der Waals surface area (Å²) in [6.07, 6.45) is -1.90. The van der Waals surface area contributed by atoms with Gasteiger partial charge in [-0.1, -0.05) is 20.8 Å². The molecular weight excluding hydrogens is 262 g/mol. The first-order chi connectivity index (χ1) is 8.73. The van der Waals surface area contributed by atoms with Gasteiger partial charge in [-0.3, -0.25) is 0 Å². The van der Waals surface area contributed by atoms with Crippen molar-refractivity contribution in [1.82, 2.24) is 0 Å². The maximum absolute atomic E-state index is 12.2. The molecule has 1 saturated heterocycles. The first-order valence-electron chi connectivity index (χ1n) is 6.70. The van der Waals surface area contributed by atoms with E-state index >= 15 is 0 Å². The number of quaternary nitrogens is 1. The molecule has 2 N–H and O–H groups in total. The molecular formula is C14H26NO5+. The Bertz CT molecular complexity index is 434. The maximum Gasteiger partial charge on any atom is 0.517 e. The lowest BCUT2D eigenvalue weighted by molar-refractivity contribution is -0.964. The average Bonchev–Trinajstić information content (AvgIpc) is 2.52. The van der Waals surface area contributed by atoms with Crippen molar-refractivity contribution in [2.45, 2.75) is 65.8 Å². The van der Waals surface area contributed by atoms with E-state index in [0.29, 0.717) is 0 Å². The van der Waals surface area contributed by atoms with Gasteiger partial charge in [0.05, 0.1) is 0 Å². The second kappa shape index (κ2) is 4.43. The van der Waals surface area contributed by atoms with Gasteiger partial charge in [-0.05, 0) is 20.8 Å². The Labute approximate surface area is 119 Å². The van der Waals surface area contributed by atoms with Crippen molar-refractivity contribution in [2.75, 3.05) is 6.61 Å². The van der Waals surface area contributed by atoms with E-state index in [-0.39, 0.29) is 6.61 Å². The molecule has 0 radical (unpaired) electrons. The van der Waals surface area contributed by atoms with Crippen LogP contribution in [0.1, 0.15) is 48.5 Å². The predicted molar refractivity (Wildman–Crippen MR) is 73.3 cm³/mol. The number of amides is 1. The summed E-state index contributed by atoms with van der Waals surface area (Å²) < 4.78 is 5.07. The Morgan fingerprint density at radius 2 is 1.60 bits per heavy atom. The second-order valence-electron chi connectivity index (χ2n) is 7.78. The number of carboxylic acid groups (broad SMARTS) is 2.